The molecule has 0 amide bonds. The molecule has 0 spiro atoms. The molecule has 0 radical (unpaired) electrons. The number of rotatable bonds is 7. The Hall–Kier alpha value is -2.60. The fourth-order valence-electron chi connectivity index (χ4n) is 3.28. The molecule has 0 aliphatic carbocycles. The summed E-state index contributed by atoms with van der Waals surface area (Å²) in [6.07, 6.45) is 2.92. The SMILES string of the molecule is CN=C(NCc1ccnc(OCc2ccccc2)c1)N1CCC(COC)C1. The normalized spacial score (nSPS) is 17.2. The second kappa shape index (κ2) is 9.92. The van der Waals surface area contributed by atoms with Gasteiger partial charge in [-0.05, 0) is 23.6 Å². The average Bonchev–Trinajstić information content (AvgIpc) is 3.17. The van der Waals surface area contributed by atoms with E-state index in [1.807, 2.05) is 49.5 Å². The van der Waals surface area contributed by atoms with Crippen molar-refractivity contribution in [2.24, 2.45) is 10.9 Å². The summed E-state index contributed by atoms with van der Waals surface area (Å²) < 4.78 is 11.1. The van der Waals surface area contributed by atoms with E-state index in [1.54, 1.807) is 13.3 Å². The quantitative estimate of drug-likeness (QED) is 0.601. The maximum atomic E-state index is 5.81. The van der Waals surface area contributed by atoms with Crippen molar-refractivity contribution in [3.8, 4) is 5.88 Å². The number of hydrogen-bond donors (Lipinski definition) is 1. The first-order valence-electron chi connectivity index (χ1n) is 9.34. The maximum Gasteiger partial charge on any atom is 0.213 e. The Kier molecular flexibility index (Phi) is 7.04. The monoisotopic (exact) mass is 368 g/mol. The van der Waals surface area contributed by atoms with E-state index in [-0.39, 0.29) is 0 Å². The third-order valence-electron chi connectivity index (χ3n) is 4.68. The number of nitrogens with zero attached hydrogens (tertiary/aromatic N) is 3. The van der Waals surface area contributed by atoms with Crippen LogP contribution in [0.2, 0.25) is 0 Å². The molecule has 1 atom stereocenters. The largest absolute Gasteiger partial charge is 0.473 e. The Morgan fingerprint density at radius 1 is 1.26 bits per heavy atom. The molecule has 1 aliphatic heterocycles. The number of guanidine groups is 1. The Morgan fingerprint density at radius 3 is 2.89 bits per heavy atom. The number of ether oxygens (including phenoxy) is 2. The molecule has 1 fully saturated rings. The van der Waals surface area contributed by atoms with Gasteiger partial charge in [-0.1, -0.05) is 30.3 Å². The van der Waals surface area contributed by atoms with E-state index >= 15 is 0 Å². The minimum Gasteiger partial charge on any atom is -0.473 e. The van der Waals surface area contributed by atoms with Gasteiger partial charge in [0.05, 0.1) is 6.61 Å². The average molecular weight is 368 g/mol. The lowest BCUT2D eigenvalue weighted by Crippen LogP contribution is -2.39. The molecule has 6 heteroatoms. The first-order valence-corrected chi connectivity index (χ1v) is 9.34. The van der Waals surface area contributed by atoms with Crippen LogP contribution in [0.1, 0.15) is 17.5 Å². The van der Waals surface area contributed by atoms with E-state index in [0.717, 1.165) is 43.2 Å². The third-order valence-corrected chi connectivity index (χ3v) is 4.68. The van der Waals surface area contributed by atoms with E-state index in [0.29, 0.717) is 24.9 Å². The van der Waals surface area contributed by atoms with Crippen LogP contribution in [0, 0.1) is 5.92 Å². The zero-order valence-corrected chi connectivity index (χ0v) is 16.1. The van der Waals surface area contributed by atoms with Gasteiger partial charge in [-0.3, -0.25) is 4.99 Å². The highest BCUT2D eigenvalue weighted by molar-refractivity contribution is 5.80. The minimum absolute atomic E-state index is 0.515. The van der Waals surface area contributed by atoms with E-state index in [1.165, 1.54) is 0 Å². The number of likely N-dealkylation sites (tertiary alicyclic amines) is 1. The van der Waals surface area contributed by atoms with Crippen LogP contribution in [0.5, 0.6) is 5.88 Å². The Bertz CT molecular complexity index is 736. The van der Waals surface area contributed by atoms with Gasteiger partial charge in [-0.25, -0.2) is 4.98 Å². The van der Waals surface area contributed by atoms with Crippen molar-refractivity contribution in [2.75, 3.05) is 33.9 Å². The van der Waals surface area contributed by atoms with Crippen LogP contribution in [-0.4, -0.2) is 49.7 Å². The first-order chi connectivity index (χ1) is 13.3. The standard InChI is InChI=1S/C21H28N4O2/c1-22-21(25-11-9-19(14-25)15-26-2)24-13-18-8-10-23-20(12-18)27-16-17-6-4-3-5-7-17/h3-8,10,12,19H,9,11,13-16H2,1-2H3,(H,22,24). The van der Waals surface area contributed by atoms with Gasteiger partial charge in [0.1, 0.15) is 6.61 Å². The summed E-state index contributed by atoms with van der Waals surface area (Å²) in [5.74, 6) is 2.14. The molecule has 1 unspecified atom stereocenters. The number of pyridine rings is 1. The van der Waals surface area contributed by atoms with Crippen LogP contribution in [-0.2, 0) is 17.9 Å². The predicted octanol–water partition coefficient (Wildman–Crippen LogP) is 2.70. The van der Waals surface area contributed by atoms with Crippen LogP contribution in [0.25, 0.3) is 0 Å². The zero-order chi connectivity index (χ0) is 18.9. The smallest absolute Gasteiger partial charge is 0.213 e. The van der Waals surface area contributed by atoms with Gasteiger partial charge >= 0.3 is 0 Å². The van der Waals surface area contributed by atoms with Crippen LogP contribution in [0.15, 0.2) is 53.7 Å². The van der Waals surface area contributed by atoms with Crippen LogP contribution >= 0.6 is 0 Å². The molecule has 144 valence electrons. The molecule has 2 aromatic rings. The first kappa shape index (κ1) is 19.2. The lowest BCUT2D eigenvalue weighted by atomic mass is 10.1. The topological polar surface area (TPSA) is 59.0 Å². The summed E-state index contributed by atoms with van der Waals surface area (Å²) in [7, 11) is 3.59. The summed E-state index contributed by atoms with van der Waals surface area (Å²) in [5, 5.41) is 3.44. The van der Waals surface area contributed by atoms with E-state index in [2.05, 4.69) is 20.2 Å². The number of aliphatic imine (C=N–C) groups is 1. The molecule has 1 aromatic heterocycles. The van der Waals surface area contributed by atoms with Crippen LogP contribution < -0.4 is 10.1 Å². The molecular formula is C21H28N4O2. The van der Waals surface area contributed by atoms with Gasteiger partial charge in [0.2, 0.25) is 5.88 Å². The third kappa shape index (κ3) is 5.69. The molecule has 1 aliphatic rings. The lowest BCUT2D eigenvalue weighted by molar-refractivity contribution is 0.157. The van der Waals surface area contributed by atoms with Crippen molar-refractivity contribution in [3.63, 3.8) is 0 Å². The summed E-state index contributed by atoms with van der Waals surface area (Å²) in [5.41, 5.74) is 2.24. The van der Waals surface area contributed by atoms with Gasteiger partial charge in [0.15, 0.2) is 5.96 Å². The van der Waals surface area contributed by atoms with Crippen LogP contribution in [0.3, 0.4) is 0 Å². The summed E-state index contributed by atoms with van der Waals surface area (Å²) in [4.78, 5) is 11.0. The molecule has 1 aromatic carbocycles. The highest BCUT2D eigenvalue weighted by Crippen LogP contribution is 2.17. The molecule has 0 saturated carbocycles. The molecule has 1 saturated heterocycles. The number of benzene rings is 1. The van der Waals surface area contributed by atoms with Crippen molar-refractivity contribution in [3.05, 3.63) is 59.8 Å². The fraction of sp³-hybridized carbons (Fsp3) is 0.429. The molecular weight excluding hydrogens is 340 g/mol. The number of nitrogens with one attached hydrogen (secondary N) is 1. The molecule has 2 heterocycles. The Balaban J connectivity index is 1.51. The van der Waals surface area contributed by atoms with Crippen molar-refractivity contribution in [1.29, 1.82) is 0 Å². The molecule has 6 nitrogen and oxygen atoms in total. The predicted molar refractivity (Wildman–Crippen MR) is 107 cm³/mol. The fourth-order valence-corrected chi connectivity index (χ4v) is 3.28. The van der Waals surface area contributed by atoms with Crippen molar-refractivity contribution in [2.45, 2.75) is 19.6 Å². The van der Waals surface area contributed by atoms with E-state index in [4.69, 9.17) is 9.47 Å². The van der Waals surface area contributed by atoms with E-state index < -0.39 is 0 Å². The highest BCUT2D eigenvalue weighted by Gasteiger charge is 2.24. The molecule has 1 N–H and O–H groups in total. The van der Waals surface area contributed by atoms with E-state index in [9.17, 15) is 0 Å². The van der Waals surface area contributed by atoms with Crippen molar-refractivity contribution < 1.29 is 9.47 Å². The zero-order valence-electron chi connectivity index (χ0n) is 16.1. The number of methoxy groups -OCH3 is 1. The second-order valence-electron chi connectivity index (χ2n) is 6.73. The van der Waals surface area contributed by atoms with Gasteiger partial charge in [-0.2, -0.15) is 0 Å². The van der Waals surface area contributed by atoms with Crippen molar-refractivity contribution >= 4 is 5.96 Å². The Labute approximate surface area is 161 Å². The molecule has 27 heavy (non-hydrogen) atoms. The number of hydrogen-bond acceptors (Lipinski definition) is 4. The summed E-state index contributed by atoms with van der Waals surface area (Å²) in [6, 6.07) is 14.1. The maximum absolute atomic E-state index is 5.81. The second-order valence-corrected chi connectivity index (χ2v) is 6.73. The molecule has 3 rings (SSSR count). The van der Waals surface area contributed by atoms with Gasteiger partial charge in [0, 0.05) is 52.0 Å². The molecule has 0 bridgehead atoms. The van der Waals surface area contributed by atoms with Gasteiger partial charge < -0.3 is 19.7 Å². The Morgan fingerprint density at radius 2 is 2.11 bits per heavy atom. The van der Waals surface area contributed by atoms with Crippen LogP contribution in [0.4, 0.5) is 0 Å². The van der Waals surface area contributed by atoms with Crippen molar-refractivity contribution in [1.82, 2.24) is 15.2 Å². The minimum atomic E-state index is 0.515. The summed E-state index contributed by atoms with van der Waals surface area (Å²) in [6.45, 7) is 3.99. The van der Waals surface area contributed by atoms with Gasteiger partial charge in [-0.15, -0.1) is 0 Å². The van der Waals surface area contributed by atoms with Gasteiger partial charge in [0.25, 0.3) is 0 Å². The number of aromatic nitrogens is 1. The summed E-state index contributed by atoms with van der Waals surface area (Å²) >= 11 is 0. The highest BCUT2D eigenvalue weighted by atomic mass is 16.5. The lowest BCUT2D eigenvalue weighted by Gasteiger charge is -2.21.